The van der Waals surface area contributed by atoms with Gasteiger partial charge in [0.25, 0.3) is 0 Å². The van der Waals surface area contributed by atoms with Crippen LogP contribution >= 0.6 is 11.3 Å². The summed E-state index contributed by atoms with van der Waals surface area (Å²) in [7, 11) is -1.34. The molecular formula is C27H29GeNSSi. The second-order valence-corrected chi connectivity index (χ2v) is 27.3. The first-order valence-corrected chi connectivity index (χ1v) is 22.6. The molecule has 31 heavy (non-hydrogen) atoms. The molecule has 2 heterocycles. The van der Waals surface area contributed by atoms with Gasteiger partial charge in [-0.05, 0) is 0 Å². The Morgan fingerprint density at radius 1 is 0.774 bits per heavy atom. The van der Waals surface area contributed by atoms with E-state index in [-0.39, 0.29) is 0 Å². The van der Waals surface area contributed by atoms with Crippen LogP contribution in [0.1, 0.15) is 0 Å². The van der Waals surface area contributed by atoms with Crippen LogP contribution in [0, 0.1) is 0 Å². The van der Waals surface area contributed by atoms with E-state index in [1.165, 1.54) is 41.7 Å². The molecule has 0 N–H and O–H groups in total. The molecule has 156 valence electrons. The van der Waals surface area contributed by atoms with Crippen LogP contribution < -0.4 is 9.58 Å². The summed E-state index contributed by atoms with van der Waals surface area (Å²) in [6.07, 6.45) is 2.10. The Balaban J connectivity index is 1.72. The van der Waals surface area contributed by atoms with Crippen LogP contribution in [0.4, 0.5) is 0 Å². The Hall–Kier alpha value is -1.95. The summed E-state index contributed by atoms with van der Waals surface area (Å²) in [5.74, 6) is 7.39. The third kappa shape index (κ3) is 3.67. The maximum absolute atomic E-state index is 4.88. The zero-order valence-corrected chi connectivity index (χ0v) is 23.1. The van der Waals surface area contributed by atoms with E-state index in [0.29, 0.717) is 0 Å². The zero-order chi connectivity index (χ0) is 22.0. The van der Waals surface area contributed by atoms with Crippen molar-refractivity contribution in [2.24, 2.45) is 0 Å². The summed E-state index contributed by atoms with van der Waals surface area (Å²) < 4.78 is 4.31. The number of fused-ring (bicyclic) bond motifs is 5. The average Bonchev–Trinajstić information content (AvgIpc) is 3.11. The van der Waals surface area contributed by atoms with Gasteiger partial charge < -0.3 is 0 Å². The van der Waals surface area contributed by atoms with Crippen molar-refractivity contribution in [3.05, 3.63) is 66.9 Å². The number of pyridine rings is 1. The van der Waals surface area contributed by atoms with Gasteiger partial charge in [0.05, 0.1) is 8.07 Å². The van der Waals surface area contributed by atoms with Gasteiger partial charge in [-0.15, -0.1) is 0 Å². The molecule has 0 aliphatic rings. The van der Waals surface area contributed by atoms with E-state index in [1.807, 2.05) is 11.3 Å². The number of thiophene rings is 1. The first kappa shape index (κ1) is 20.9. The van der Waals surface area contributed by atoms with E-state index in [2.05, 4.69) is 104 Å². The molecule has 1 nitrogen and oxygen atoms in total. The summed E-state index contributed by atoms with van der Waals surface area (Å²) in [6, 6.07) is 23.0. The minimum absolute atomic E-state index is 1.08. The molecule has 0 saturated heterocycles. The molecule has 5 rings (SSSR count). The summed E-state index contributed by atoms with van der Waals surface area (Å²) >= 11 is 0.0784. The number of aromatic nitrogens is 1. The van der Waals surface area contributed by atoms with Crippen molar-refractivity contribution in [2.45, 2.75) is 36.9 Å². The minimum atomic E-state index is -1.84. The predicted octanol–water partition coefficient (Wildman–Crippen LogP) is 7.36. The number of hydrogen-bond donors (Lipinski definition) is 0. The molecule has 0 fully saturated rings. The van der Waals surface area contributed by atoms with Crippen molar-refractivity contribution in [2.75, 3.05) is 0 Å². The fourth-order valence-electron chi connectivity index (χ4n) is 4.25. The monoisotopic (exact) mass is 501 g/mol. The first-order valence-electron chi connectivity index (χ1n) is 11.0. The molecule has 2 aromatic heterocycles. The number of benzene rings is 3. The molecule has 0 aliphatic heterocycles. The molecular weight excluding hydrogens is 471 g/mol. The molecule has 0 amide bonds. The van der Waals surface area contributed by atoms with Gasteiger partial charge in [0.1, 0.15) is 0 Å². The third-order valence-electron chi connectivity index (χ3n) is 6.25. The van der Waals surface area contributed by atoms with Gasteiger partial charge >= 0.3 is 166 Å². The molecule has 0 unspecified atom stereocenters. The molecule has 0 bridgehead atoms. The van der Waals surface area contributed by atoms with Crippen LogP contribution in [0.15, 0.2) is 66.9 Å². The number of hydrogen-bond acceptors (Lipinski definition) is 2. The Labute approximate surface area is 192 Å². The second-order valence-electron chi connectivity index (χ2n) is 10.6. The Bertz CT molecular complexity index is 1440. The summed E-state index contributed by atoms with van der Waals surface area (Å²) in [6.45, 7) is 7.11. The van der Waals surface area contributed by atoms with E-state index >= 15 is 0 Å². The standard InChI is InChI=1S/C27H29GeNSSi/c1-28(2,3)19-11-14-21-18(16-19)10-13-23-22-8-7-9-24(27(22)30-26(21)23)25-15-12-20(17-29-25)31(4,5)6/h7-17H,1-6H3. The van der Waals surface area contributed by atoms with Gasteiger partial charge in [0.2, 0.25) is 0 Å². The molecule has 0 atom stereocenters. The molecule has 0 saturated carbocycles. The van der Waals surface area contributed by atoms with Crippen LogP contribution in [0.2, 0.25) is 36.9 Å². The molecule has 5 aromatic rings. The summed E-state index contributed by atoms with van der Waals surface area (Å²) in [5, 5.41) is 6.86. The zero-order valence-electron chi connectivity index (χ0n) is 19.2. The summed E-state index contributed by atoms with van der Waals surface area (Å²) in [4.78, 5) is 4.88. The maximum atomic E-state index is 4.88. The SMILES string of the molecule is C[Si](C)(C)c1ccc(-c2cccc3c2sc2c4cc[c]([Ge]([CH3])([CH3])[CH3])cc4ccc32)nc1. The van der Waals surface area contributed by atoms with E-state index in [9.17, 15) is 0 Å². The van der Waals surface area contributed by atoms with Crippen LogP contribution in [0.5, 0.6) is 0 Å². The average molecular weight is 500 g/mol. The summed E-state index contributed by atoms with van der Waals surface area (Å²) in [5.41, 5.74) is 2.32. The van der Waals surface area contributed by atoms with Crippen molar-refractivity contribution >= 4 is 73.2 Å². The van der Waals surface area contributed by atoms with Crippen molar-refractivity contribution < 1.29 is 0 Å². The fraction of sp³-hybridized carbons (Fsp3) is 0.222. The van der Waals surface area contributed by atoms with Crippen LogP contribution in [0.3, 0.4) is 0 Å². The quantitative estimate of drug-likeness (QED) is 0.236. The second kappa shape index (κ2) is 7.29. The van der Waals surface area contributed by atoms with Gasteiger partial charge in [0, 0.05) is 0 Å². The fourth-order valence-corrected chi connectivity index (χ4v) is 9.10. The van der Waals surface area contributed by atoms with Gasteiger partial charge in [0.15, 0.2) is 0 Å². The molecule has 3 aromatic carbocycles. The first-order chi connectivity index (χ1) is 14.6. The Morgan fingerprint density at radius 3 is 2.19 bits per heavy atom. The molecule has 0 spiro atoms. The normalized spacial score (nSPS) is 12.8. The van der Waals surface area contributed by atoms with Gasteiger partial charge in [-0.25, -0.2) is 0 Å². The van der Waals surface area contributed by atoms with Crippen molar-refractivity contribution in [3.8, 4) is 11.3 Å². The van der Waals surface area contributed by atoms with Crippen molar-refractivity contribution in [3.63, 3.8) is 0 Å². The van der Waals surface area contributed by atoms with Gasteiger partial charge in [-0.2, -0.15) is 0 Å². The topological polar surface area (TPSA) is 12.9 Å². The molecule has 0 aliphatic carbocycles. The van der Waals surface area contributed by atoms with E-state index in [1.54, 1.807) is 4.40 Å². The predicted molar refractivity (Wildman–Crippen MR) is 146 cm³/mol. The Kier molecular flexibility index (Phi) is 4.92. The van der Waals surface area contributed by atoms with E-state index < -0.39 is 21.3 Å². The van der Waals surface area contributed by atoms with E-state index in [0.717, 1.165) is 5.69 Å². The molecule has 4 heteroatoms. The molecule has 0 radical (unpaired) electrons. The van der Waals surface area contributed by atoms with E-state index in [4.69, 9.17) is 4.98 Å². The van der Waals surface area contributed by atoms with Crippen molar-refractivity contribution in [1.82, 2.24) is 4.98 Å². The number of rotatable bonds is 3. The van der Waals surface area contributed by atoms with Crippen molar-refractivity contribution in [1.29, 1.82) is 0 Å². The Morgan fingerprint density at radius 2 is 1.52 bits per heavy atom. The van der Waals surface area contributed by atoms with Crippen LogP contribution in [0.25, 0.3) is 42.2 Å². The van der Waals surface area contributed by atoms with Gasteiger partial charge in [-0.3, -0.25) is 0 Å². The van der Waals surface area contributed by atoms with Crippen LogP contribution in [-0.4, -0.2) is 26.3 Å². The van der Waals surface area contributed by atoms with Crippen LogP contribution in [-0.2, 0) is 0 Å². The van der Waals surface area contributed by atoms with Gasteiger partial charge in [-0.1, -0.05) is 19.6 Å². The third-order valence-corrected chi connectivity index (χ3v) is 13.9. The number of nitrogens with zero attached hydrogens (tertiary/aromatic N) is 1.